The number of halogens is 1. The van der Waals surface area contributed by atoms with Crippen LogP contribution in [0.15, 0.2) is 40.0 Å². The Hall–Kier alpha value is -1.24. The van der Waals surface area contributed by atoms with Gasteiger partial charge in [0, 0.05) is 33.4 Å². The molecule has 0 fully saturated rings. The molecule has 86 valence electrons. The predicted molar refractivity (Wildman–Crippen MR) is 69.1 cm³/mol. The number of aliphatic hydroxyl groups excluding tert-OH is 1. The molecule has 3 aromatic heterocycles. The van der Waals surface area contributed by atoms with Crippen LogP contribution in [-0.4, -0.2) is 19.7 Å². The van der Waals surface area contributed by atoms with Crippen molar-refractivity contribution in [3.05, 3.63) is 51.1 Å². The fourth-order valence-electron chi connectivity index (χ4n) is 1.72. The molecule has 0 amide bonds. The van der Waals surface area contributed by atoms with Crippen LogP contribution in [0.25, 0.3) is 5.52 Å². The van der Waals surface area contributed by atoms with Gasteiger partial charge >= 0.3 is 0 Å². The van der Waals surface area contributed by atoms with E-state index in [1.54, 1.807) is 40.6 Å². The molecule has 0 aliphatic carbocycles. The third-order valence-electron chi connectivity index (χ3n) is 2.59. The van der Waals surface area contributed by atoms with Gasteiger partial charge in [-0.3, -0.25) is 4.98 Å². The molecule has 17 heavy (non-hydrogen) atoms. The number of fused-ring (bicyclic) bond motifs is 1. The topological polar surface area (TPSA) is 50.4 Å². The molecule has 4 nitrogen and oxygen atoms in total. The summed E-state index contributed by atoms with van der Waals surface area (Å²) in [7, 11) is 0. The normalized spacial score (nSPS) is 13.1. The van der Waals surface area contributed by atoms with Crippen LogP contribution in [-0.2, 0) is 0 Å². The lowest BCUT2D eigenvalue weighted by Crippen LogP contribution is -1.98. The molecule has 0 radical (unpaired) electrons. The van der Waals surface area contributed by atoms with Crippen LogP contribution in [0.2, 0.25) is 0 Å². The largest absolute Gasteiger partial charge is 0.383 e. The number of hydrogen-bond donors (Lipinski definition) is 1. The van der Waals surface area contributed by atoms with Gasteiger partial charge in [0.1, 0.15) is 6.10 Å². The van der Waals surface area contributed by atoms with E-state index in [0.717, 1.165) is 21.1 Å². The van der Waals surface area contributed by atoms with Crippen LogP contribution in [0.1, 0.15) is 17.2 Å². The molecule has 3 rings (SSSR count). The van der Waals surface area contributed by atoms with Crippen molar-refractivity contribution < 1.29 is 5.11 Å². The molecule has 0 saturated heterocycles. The van der Waals surface area contributed by atoms with E-state index in [9.17, 15) is 5.11 Å². The SMILES string of the molecule is OC(c1cscc1Br)c1cnn2ccncc12. The summed E-state index contributed by atoms with van der Waals surface area (Å²) < 4.78 is 2.62. The van der Waals surface area contributed by atoms with Gasteiger partial charge in [0.2, 0.25) is 0 Å². The highest BCUT2D eigenvalue weighted by Crippen LogP contribution is 2.32. The standard InChI is InChI=1S/C11H8BrN3OS/c12-9-6-17-5-8(9)11(16)7-3-14-15-2-1-13-4-10(7)15/h1-6,11,16H. The van der Waals surface area contributed by atoms with E-state index in [-0.39, 0.29) is 0 Å². The number of aliphatic hydroxyl groups is 1. The lowest BCUT2D eigenvalue weighted by molar-refractivity contribution is 0.221. The Kier molecular flexibility index (Phi) is 2.70. The zero-order valence-electron chi connectivity index (χ0n) is 8.62. The minimum atomic E-state index is -0.683. The summed E-state index contributed by atoms with van der Waals surface area (Å²) in [5, 5.41) is 18.4. The van der Waals surface area contributed by atoms with Gasteiger partial charge in [0.25, 0.3) is 0 Å². The fourth-order valence-corrected chi connectivity index (χ4v) is 3.25. The Labute approximate surface area is 110 Å². The maximum atomic E-state index is 10.3. The average molecular weight is 310 g/mol. The first-order chi connectivity index (χ1) is 8.27. The molecule has 0 aliphatic rings. The number of hydrogen-bond acceptors (Lipinski definition) is 4. The molecule has 1 N–H and O–H groups in total. The fraction of sp³-hybridized carbons (Fsp3) is 0.0909. The predicted octanol–water partition coefficient (Wildman–Crippen LogP) is 2.64. The van der Waals surface area contributed by atoms with Crippen LogP contribution >= 0.6 is 27.3 Å². The van der Waals surface area contributed by atoms with Gasteiger partial charge in [-0.25, -0.2) is 4.52 Å². The van der Waals surface area contributed by atoms with Crippen LogP contribution in [0.4, 0.5) is 0 Å². The van der Waals surface area contributed by atoms with Crippen molar-refractivity contribution in [2.24, 2.45) is 0 Å². The van der Waals surface area contributed by atoms with E-state index < -0.39 is 6.10 Å². The molecule has 3 aromatic rings. The van der Waals surface area contributed by atoms with Gasteiger partial charge in [-0.1, -0.05) is 0 Å². The van der Waals surface area contributed by atoms with Crippen molar-refractivity contribution in [3.8, 4) is 0 Å². The zero-order chi connectivity index (χ0) is 11.8. The van der Waals surface area contributed by atoms with E-state index in [1.807, 2.05) is 10.8 Å². The van der Waals surface area contributed by atoms with Crippen LogP contribution in [0.5, 0.6) is 0 Å². The van der Waals surface area contributed by atoms with Gasteiger partial charge in [-0.05, 0) is 21.3 Å². The Morgan fingerprint density at radius 3 is 2.94 bits per heavy atom. The molecular formula is C11H8BrN3OS. The van der Waals surface area contributed by atoms with Crippen LogP contribution < -0.4 is 0 Å². The molecule has 3 heterocycles. The summed E-state index contributed by atoms with van der Waals surface area (Å²) in [6, 6.07) is 0. The molecule has 1 unspecified atom stereocenters. The van der Waals surface area contributed by atoms with Crippen molar-refractivity contribution in [1.29, 1.82) is 0 Å². The maximum Gasteiger partial charge on any atom is 0.110 e. The van der Waals surface area contributed by atoms with Crippen LogP contribution in [0.3, 0.4) is 0 Å². The van der Waals surface area contributed by atoms with Gasteiger partial charge < -0.3 is 5.11 Å². The lowest BCUT2D eigenvalue weighted by Gasteiger charge is -2.08. The Morgan fingerprint density at radius 1 is 1.29 bits per heavy atom. The van der Waals surface area contributed by atoms with E-state index in [1.165, 1.54) is 0 Å². The minimum absolute atomic E-state index is 0.683. The third-order valence-corrected chi connectivity index (χ3v) is 4.34. The van der Waals surface area contributed by atoms with E-state index in [2.05, 4.69) is 26.0 Å². The molecular weight excluding hydrogens is 302 g/mol. The summed E-state index contributed by atoms with van der Waals surface area (Å²) in [6.45, 7) is 0. The second kappa shape index (κ2) is 4.21. The summed E-state index contributed by atoms with van der Waals surface area (Å²) >= 11 is 4.97. The van der Waals surface area contributed by atoms with Gasteiger partial charge in [0.05, 0.1) is 17.9 Å². The average Bonchev–Trinajstić information content (AvgIpc) is 2.94. The van der Waals surface area contributed by atoms with E-state index in [0.29, 0.717) is 0 Å². The van der Waals surface area contributed by atoms with E-state index >= 15 is 0 Å². The van der Waals surface area contributed by atoms with Gasteiger partial charge in [0.15, 0.2) is 0 Å². The molecule has 0 aromatic carbocycles. The maximum absolute atomic E-state index is 10.3. The second-order valence-electron chi connectivity index (χ2n) is 3.58. The Balaban J connectivity index is 2.13. The summed E-state index contributed by atoms with van der Waals surface area (Å²) in [4.78, 5) is 4.05. The van der Waals surface area contributed by atoms with Crippen molar-refractivity contribution in [3.63, 3.8) is 0 Å². The van der Waals surface area contributed by atoms with Gasteiger partial charge in [-0.15, -0.1) is 0 Å². The number of aromatic nitrogens is 3. The first-order valence-corrected chi connectivity index (χ1v) is 6.68. The molecule has 1 atom stereocenters. The monoisotopic (exact) mass is 309 g/mol. The first-order valence-electron chi connectivity index (χ1n) is 4.94. The van der Waals surface area contributed by atoms with E-state index in [4.69, 9.17) is 0 Å². The third kappa shape index (κ3) is 1.78. The summed E-state index contributed by atoms with van der Waals surface area (Å²) in [5.41, 5.74) is 2.43. The van der Waals surface area contributed by atoms with Crippen molar-refractivity contribution >= 4 is 32.8 Å². The molecule has 0 bridgehead atoms. The zero-order valence-corrected chi connectivity index (χ0v) is 11.0. The Bertz CT molecular complexity index is 663. The summed E-state index contributed by atoms with van der Waals surface area (Å²) in [5.74, 6) is 0. The second-order valence-corrected chi connectivity index (χ2v) is 5.18. The van der Waals surface area contributed by atoms with Gasteiger partial charge in [-0.2, -0.15) is 16.4 Å². The molecule has 0 spiro atoms. The van der Waals surface area contributed by atoms with Crippen molar-refractivity contribution in [2.45, 2.75) is 6.10 Å². The highest BCUT2D eigenvalue weighted by molar-refractivity contribution is 9.10. The van der Waals surface area contributed by atoms with Crippen molar-refractivity contribution in [2.75, 3.05) is 0 Å². The highest BCUT2D eigenvalue weighted by Gasteiger charge is 2.18. The number of thiophene rings is 1. The first kappa shape index (κ1) is 10.9. The lowest BCUT2D eigenvalue weighted by atomic mass is 10.1. The Morgan fingerprint density at radius 2 is 2.18 bits per heavy atom. The van der Waals surface area contributed by atoms with Crippen molar-refractivity contribution in [1.82, 2.24) is 14.6 Å². The molecule has 0 aliphatic heterocycles. The summed E-state index contributed by atoms with van der Waals surface area (Å²) in [6.07, 6.45) is 6.11. The molecule has 0 saturated carbocycles. The number of nitrogens with zero attached hydrogens (tertiary/aromatic N) is 3. The minimum Gasteiger partial charge on any atom is -0.383 e. The smallest absolute Gasteiger partial charge is 0.110 e. The highest BCUT2D eigenvalue weighted by atomic mass is 79.9. The molecule has 6 heteroatoms. The quantitative estimate of drug-likeness (QED) is 0.791. The van der Waals surface area contributed by atoms with Crippen LogP contribution in [0, 0.1) is 0 Å². The number of rotatable bonds is 2.